The van der Waals surface area contributed by atoms with Crippen molar-refractivity contribution in [2.45, 2.75) is 53.0 Å². The summed E-state index contributed by atoms with van der Waals surface area (Å²) >= 11 is 0. The molecule has 2 N–H and O–H groups in total. The van der Waals surface area contributed by atoms with Crippen molar-refractivity contribution in [3.8, 4) is 0 Å². The molecule has 0 aliphatic heterocycles. The Bertz CT molecular complexity index is 1200. The van der Waals surface area contributed by atoms with Crippen LogP contribution in [0.25, 0.3) is 16.7 Å². The second kappa shape index (κ2) is 10.3. The molecule has 3 aromatic rings. The molecule has 0 saturated carbocycles. The number of hydrogen-bond donors (Lipinski definition) is 2. The van der Waals surface area contributed by atoms with E-state index in [1.165, 1.54) is 10.5 Å². The third kappa shape index (κ3) is 5.02. The van der Waals surface area contributed by atoms with Gasteiger partial charge >= 0.3 is 0 Å². The van der Waals surface area contributed by atoms with Crippen molar-refractivity contribution in [3.63, 3.8) is 0 Å². The van der Waals surface area contributed by atoms with E-state index in [0.717, 1.165) is 24.8 Å². The first kappa shape index (κ1) is 22.7. The van der Waals surface area contributed by atoms with Gasteiger partial charge in [0.15, 0.2) is 0 Å². The Morgan fingerprint density at radius 2 is 2.03 bits per heavy atom. The van der Waals surface area contributed by atoms with Crippen LogP contribution < -0.4 is 16.4 Å². The van der Waals surface area contributed by atoms with E-state index in [2.05, 4.69) is 17.2 Å². The summed E-state index contributed by atoms with van der Waals surface area (Å²) in [5, 5.41) is 11.9. The minimum absolute atomic E-state index is 0.0780. The van der Waals surface area contributed by atoms with Crippen molar-refractivity contribution in [1.29, 1.82) is 5.41 Å². The van der Waals surface area contributed by atoms with Crippen molar-refractivity contribution in [2.75, 3.05) is 19.8 Å². The molecule has 166 valence electrons. The molecule has 8 heteroatoms. The molecule has 0 atom stereocenters. The van der Waals surface area contributed by atoms with Gasteiger partial charge in [-0.05, 0) is 44.4 Å². The van der Waals surface area contributed by atoms with Gasteiger partial charge in [-0.1, -0.05) is 25.8 Å². The van der Waals surface area contributed by atoms with Crippen LogP contribution in [-0.2, 0) is 11.3 Å². The predicted molar refractivity (Wildman–Crippen MR) is 121 cm³/mol. The van der Waals surface area contributed by atoms with E-state index in [1.807, 2.05) is 19.9 Å². The lowest BCUT2D eigenvalue weighted by atomic mass is 10.1. The number of fused-ring (bicyclic) bond motifs is 2. The zero-order valence-corrected chi connectivity index (χ0v) is 18.5. The maximum Gasteiger partial charge on any atom is 0.267 e. The Morgan fingerprint density at radius 3 is 2.77 bits per heavy atom. The van der Waals surface area contributed by atoms with Gasteiger partial charge in [-0.2, -0.15) is 0 Å². The molecule has 3 heterocycles. The Balaban J connectivity index is 2.09. The number of nitrogens with one attached hydrogen (secondary N) is 2. The third-order valence-corrected chi connectivity index (χ3v) is 5.24. The third-order valence-electron chi connectivity index (χ3n) is 5.24. The van der Waals surface area contributed by atoms with Gasteiger partial charge in [-0.15, -0.1) is 0 Å². The molecule has 3 aromatic heterocycles. The summed E-state index contributed by atoms with van der Waals surface area (Å²) in [7, 11) is 0. The van der Waals surface area contributed by atoms with Crippen LogP contribution in [0.15, 0.2) is 29.2 Å². The second-order valence-electron chi connectivity index (χ2n) is 7.66. The van der Waals surface area contributed by atoms with Crippen molar-refractivity contribution in [1.82, 2.24) is 19.3 Å². The Kier molecular flexibility index (Phi) is 7.57. The van der Waals surface area contributed by atoms with Crippen LogP contribution in [0.2, 0.25) is 0 Å². The molecule has 31 heavy (non-hydrogen) atoms. The highest BCUT2D eigenvalue weighted by molar-refractivity contribution is 5.96. The van der Waals surface area contributed by atoms with E-state index in [9.17, 15) is 9.59 Å². The fraction of sp³-hybridized carbons (Fsp3) is 0.478. The van der Waals surface area contributed by atoms with Crippen molar-refractivity contribution >= 4 is 22.6 Å². The predicted octanol–water partition coefficient (Wildman–Crippen LogP) is 2.78. The first-order valence-corrected chi connectivity index (χ1v) is 10.9. The highest BCUT2D eigenvalue weighted by atomic mass is 16.5. The maximum atomic E-state index is 13.2. The van der Waals surface area contributed by atoms with Gasteiger partial charge < -0.3 is 14.6 Å². The number of rotatable bonds is 10. The average molecular weight is 426 g/mol. The number of ether oxygens (including phenoxy) is 1. The van der Waals surface area contributed by atoms with Crippen LogP contribution in [0, 0.1) is 12.3 Å². The molecule has 0 aliphatic carbocycles. The summed E-state index contributed by atoms with van der Waals surface area (Å²) in [6.45, 7) is 8.12. The standard InChI is InChI=1S/C23H31N5O3/c1-4-6-7-12-27-20(24)17(22(29)25-11-8-13-31-5-2)14-18-21(27)26-19-10-9-16(3)15-28(19)23(18)30/h9-10,14-15,24H,4-8,11-13H2,1-3H3,(H,25,29). The number of aryl methyl sites for hydroxylation is 2. The largest absolute Gasteiger partial charge is 0.382 e. The SMILES string of the molecule is CCCCCn1c(=N)c(C(=O)NCCCOCC)cc2c(=O)n3cc(C)ccc3nc21. The van der Waals surface area contributed by atoms with E-state index >= 15 is 0 Å². The number of hydrogen-bond acceptors (Lipinski definition) is 5. The van der Waals surface area contributed by atoms with Gasteiger partial charge in [0.2, 0.25) is 0 Å². The highest BCUT2D eigenvalue weighted by Gasteiger charge is 2.17. The van der Waals surface area contributed by atoms with Gasteiger partial charge in [0.05, 0.1) is 10.9 Å². The Morgan fingerprint density at radius 1 is 1.23 bits per heavy atom. The van der Waals surface area contributed by atoms with Gasteiger partial charge in [0.25, 0.3) is 11.5 Å². The second-order valence-corrected chi connectivity index (χ2v) is 7.66. The molecular formula is C23H31N5O3. The Hall–Kier alpha value is -3.00. The molecule has 0 fully saturated rings. The topological polar surface area (TPSA) is 101 Å². The summed E-state index contributed by atoms with van der Waals surface area (Å²) in [6, 6.07) is 5.21. The van der Waals surface area contributed by atoms with Gasteiger partial charge in [-0.3, -0.25) is 19.4 Å². The monoisotopic (exact) mass is 425 g/mol. The van der Waals surface area contributed by atoms with Crippen LogP contribution in [0.4, 0.5) is 0 Å². The number of carbonyl (C=O) groups is 1. The number of amides is 1. The van der Waals surface area contributed by atoms with Gasteiger partial charge in [0.1, 0.15) is 16.8 Å². The summed E-state index contributed by atoms with van der Waals surface area (Å²) in [5.41, 5.74) is 1.94. The number of pyridine rings is 2. The summed E-state index contributed by atoms with van der Waals surface area (Å²) in [4.78, 5) is 30.8. The number of carbonyl (C=O) groups excluding carboxylic acids is 1. The molecule has 8 nitrogen and oxygen atoms in total. The van der Waals surface area contributed by atoms with Gasteiger partial charge in [-0.25, -0.2) is 4.98 Å². The van der Waals surface area contributed by atoms with Crippen molar-refractivity contribution < 1.29 is 9.53 Å². The van der Waals surface area contributed by atoms with Gasteiger partial charge in [0, 0.05) is 32.5 Å². The quantitative estimate of drug-likeness (QED) is 0.385. The molecule has 0 radical (unpaired) electrons. The lowest BCUT2D eigenvalue weighted by molar-refractivity contribution is 0.0942. The maximum absolute atomic E-state index is 13.2. The molecule has 0 unspecified atom stereocenters. The molecular weight excluding hydrogens is 394 g/mol. The van der Waals surface area contributed by atoms with Crippen LogP contribution in [0.1, 0.15) is 55.5 Å². The molecule has 0 spiro atoms. The minimum Gasteiger partial charge on any atom is -0.382 e. The number of aromatic nitrogens is 3. The summed E-state index contributed by atoms with van der Waals surface area (Å²) < 4.78 is 8.50. The molecule has 0 aromatic carbocycles. The van der Waals surface area contributed by atoms with Crippen LogP contribution in [0.3, 0.4) is 0 Å². The number of unbranched alkanes of at least 4 members (excludes halogenated alkanes) is 2. The van der Waals surface area contributed by atoms with E-state index in [0.29, 0.717) is 49.4 Å². The smallest absolute Gasteiger partial charge is 0.267 e. The normalized spacial score (nSPS) is 11.3. The van der Waals surface area contributed by atoms with Crippen LogP contribution in [-0.4, -0.2) is 39.6 Å². The lowest BCUT2D eigenvalue weighted by Crippen LogP contribution is -2.35. The van der Waals surface area contributed by atoms with Crippen molar-refractivity contribution in [3.05, 3.63) is 51.4 Å². The zero-order chi connectivity index (χ0) is 22.4. The highest BCUT2D eigenvalue weighted by Crippen LogP contribution is 2.12. The fourth-order valence-electron chi connectivity index (χ4n) is 3.57. The molecule has 3 rings (SSSR count). The minimum atomic E-state index is -0.360. The van der Waals surface area contributed by atoms with Crippen molar-refractivity contribution in [2.24, 2.45) is 0 Å². The molecule has 0 aliphatic rings. The first-order valence-electron chi connectivity index (χ1n) is 10.9. The fourth-order valence-corrected chi connectivity index (χ4v) is 3.57. The first-order chi connectivity index (χ1) is 15.0. The van der Waals surface area contributed by atoms with E-state index in [-0.39, 0.29) is 22.5 Å². The van der Waals surface area contributed by atoms with Crippen LogP contribution in [0.5, 0.6) is 0 Å². The number of nitrogens with zero attached hydrogens (tertiary/aromatic N) is 3. The van der Waals surface area contributed by atoms with Crippen LogP contribution >= 0.6 is 0 Å². The molecule has 1 amide bonds. The summed E-state index contributed by atoms with van der Waals surface area (Å²) in [6.07, 6.45) is 5.30. The molecule has 0 bridgehead atoms. The Labute approximate surface area is 181 Å². The molecule has 0 saturated heterocycles. The average Bonchev–Trinajstić information content (AvgIpc) is 2.75. The zero-order valence-electron chi connectivity index (χ0n) is 18.5. The van der Waals surface area contributed by atoms with E-state index in [4.69, 9.17) is 10.1 Å². The van der Waals surface area contributed by atoms with E-state index in [1.54, 1.807) is 16.8 Å². The lowest BCUT2D eigenvalue weighted by Gasteiger charge is -2.15. The summed E-state index contributed by atoms with van der Waals surface area (Å²) in [5.74, 6) is -0.360. The van der Waals surface area contributed by atoms with E-state index < -0.39 is 0 Å².